The molecule has 22 heavy (non-hydrogen) atoms. The molecule has 0 spiro atoms. The van der Waals surface area contributed by atoms with Crippen molar-refractivity contribution >= 4 is 10.9 Å². The molecule has 2 heterocycles. The van der Waals surface area contributed by atoms with E-state index in [-0.39, 0.29) is 0 Å². The van der Waals surface area contributed by atoms with Crippen molar-refractivity contribution in [1.82, 2.24) is 9.97 Å². The maximum Gasteiger partial charge on any atom is 0.115 e. The Labute approximate surface area is 129 Å². The number of aromatic hydroxyl groups is 1. The summed E-state index contributed by atoms with van der Waals surface area (Å²) in [6, 6.07) is 24.7. The molecule has 3 heteroatoms. The molecule has 0 saturated heterocycles. The normalized spacial score (nSPS) is 9.09. The smallest absolute Gasteiger partial charge is 0.115 e. The molecule has 0 amide bonds. The second-order valence-electron chi connectivity index (χ2n) is 4.42. The van der Waals surface area contributed by atoms with Gasteiger partial charge in [0.2, 0.25) is 0 Å². The standard InChI is InChI=1S/C9H7N.C6H6O.C4H5N/c1-2-6-9-8(4-1)5-3-7-10-9;7-6-4-2-1-3-5-6;1-2-4-5-3-1/h1-7H;1-5,7H;1-5H. The second kappa shape index (κ2) is 8.97. The van der Waals surface area contributed by atoms with Crippen LogP contribution in [0.25, 0.3) is 10.9 Å². The molecule has 4 rings (SSSR count). The van der Waals surface area contributed by atoms with E-state index in [1.807, 2.05) is 61.1 Å². The lowest BCUT2D eigenvalue weighted by atomic mass is 10.2. The van der Waals surface area contributed by atoms with Crippen molar-refractivity contribution in [2.24, 2.45) is 0 Å². The van der Waals surface area contributed by atoms with Gasteiger partial charge in [-0.25, -0.2) is 0 Å². The number of aromatic nitrogens is 2. The average Bonchev–Trinajstić information content (AvgIpc) is 3.16. The summed E-state index contributed by atoms with van der Waals surface area (Å²) in [5, 5.41) is 9.83. The van der Waals surface area contributed by atoms with Crippen molar-refractivity contribution in [2.45, 2.75) is 0 Å². The first-order chi connectivity index (χ1) is 10.9. The number of phenolic OH excluding ortho intramolecular Hbond substituents is 1. The molecule has 2 N–H and O–H groups in total. The van der Waals surface area contributed by atoms with Gasteiger partial charge in [-0.2, -0.15) is 0 Å². The minimum absolute atomic E-state index is 0.322. The van der Waals surface area contributed by atoms with Gasteiger partial charge in [0.1, 0.15) is 5.75 Å². The van der Waals surface area contributed by atoms with Gasteiger partial charge in [0.15, 0.2) is 0 Å². The summed E-state index contributed by atoms with van der Waals surface area (Å²) in [4.78, 5) is 7.04. The fourth-order valence-corrected chi connectivity index (χ4v) is 1.72. The summed E-state index contributed by atoms with van der Waals surface area (Å²) < 4.78 is 0. The molecule has 0 aliphatic carbocycles. The first-order valence-corrected chi connectivity index (χ1v) is 6.98. The summed E-state index contributed by atoms with van der Waals surface area (Å²) >= 11 is 0. The number of H-pyrrole nitrogens is 1. The van der Waals surface area contributed by atoms with Crippen LogP contribution in [-0.4, -0.2) is 15.1 Å². The first kappa shape index (κ1) is 15.3. The lowest BCUT2D eigenvalue weighted by Crippen LogP contribution is -1.73. The molecule has 0 saturated carbocycles. The molecule has 0 atom stereocenters. The molecule has 0 aliphatic heterocycles. The Morgan fingerprint density at radius 1 is 0.682 bits per heavy atom. The first-order valence-electron chi connectivity index (χ1n) is 6.98. The molecule has 2 aromatic carbocycles. The summed E-state index contributed by atoms with van der Waals surface area (Å²) in [6.45, 7) is 0. The van der Waals surface area contributed by atoms with E-state index < -0.39 is 0 Å². The van der Waals surface area contributed by atoms with Gasteiger partial charge in [-0.1, -0.05) is 42.5 Å². The Morgan fingerprint density at radius 2 is 1.32 bits per heavy atom. The monoisotopic (exact) mass is 290 g/mol. The van der Waals surface area contributed by atoms with Crippen LogP contribution >= 0.6 is 0 Å². The van der Waals surface area contributed by atoms with Gasteiger partial charge in [0.05, 0.1) is 5.52 Å². The van der Waals surface area contributed by atoms with Gasteiger partial charge in [-0.05, 0) is 36.4 Å². The van der Waals surface area contributed by atoms with Crippen molar-refractivity contribution in [3.63, 3.8) is 0 Å². The zero-order valence-electron chi connectivity index (χ0n) is 12.1. The van der Waals surface area contributed by atoms with Crippen LogP contribution in [0.4, 0.5) is 0 Å². The van der Waals surface area contributed by atoms with Gasteiger partial charge in [-0.3, -0.25) is 4.98 Å². The van der Waals surface area contributed by atoms with Crippen LogP contribution in [0.1, 0.15) is 0 Å². The number of benzene rings is 2. The Hall–Kier alpha value is -3.07. The predicted octanol–water partition coefficient (Wildman–Crippen LogP) is 4.64. The summed E-state index contributed by atoms with van der Waals surface area (Å²) in [5.41, 5.74) is 1.06. The number of nitrogens with one attached hydrogen (secondary N) is 1. The molecular formula is C19H18N2O. The minimum Gasteiger partial charge on any atom is -0.508 e. The number of para-hydroxylation sites is 2. The number of aromatic amines is 1. The van der Waals surface area contributed by atoms with E-state index in [4.69, 9.17) is 5.11 Å². The summed E-state index contributed by atoms with van der Waals surface area (Å²) in [7, 11) is 0. The van der Waals surface area contributed by atoms with Crippen molar-refractivity contribution in [1.29, 1.82) is 0 Å². The van der Waals surface area contributed by atoms with Crippen LogP contribution in [0.3, 0.4) is 0 Å². The summed E-state index contributed by atoms with van der Waals surface area (Å²) in [5.74, 6) is 0.322. The fourth-order valence-electron chi connectivity index (χ4n) is 1.72. The predicted molar refractivity (Wildman–Crippen MR) is 90.6 cm³/mol. The highest BCUT2D eigenvalue weighted by atomic mass is 16.3. The Bertz CT molecular complexity index is 670. The SMILES string of the molecule is Oc1ccccc1.c1cc[nH]c1.c1ccc2ncccc2c1. The van der Waals surface area contributed by atoms with Crippen LogP contribution < -0.4 is 0 Å². The lowest BCUT2D eigenvalue weighted by molar-refractivity contribution is 0.475. The maximum atomic E-state index is 8.63. The van der Waals surface area contributed by atoms with Gasteiger partial charge < -0.3 is 10.1 Å². The number of fused-ring (bicyclic) bond motifs is 1. The number of pyridine rings is 1. The third kappa shape index (κ3) is 5.51. The largest absolute Gasteiger partial charge is 0.508 e. The van der Waals surface area contributed by atoms with E-state index >= 15 is 0 Å². The lowest BCUT2D eigenvalue weighted by Gasteiger charge is -1.91. The molecule has 110 valence electrons. The fraction of sp³-hybridized carbons (Fsp3) is 0. The van der Waals surface area contributed by atoms with Crippen LogP contribution in [-0.2, 0) is 0 Å². The van der Waals surface area contributed by atoms with E-state index in [0.717, 1.165) is 5.52 Å². The van der Waals surface area contributed by atoms with E-state index in [9.17, 15) is 0 Å². The minimum atomic E-state index is 0.322. The van der Waals surface area contributed by atoms with Gasteiger partial charge in [-0.15, -0.1) is 0 Å². The molecule has 4 aromatic rings. The van der Waals surface area contributed by atoms with Crippen LogP contribution in [0.5, 0.6) is 5.75 Å². The van der Waals surface area contributed by atoms with Gasteiger partial charge in [0.25, 0.3) is 0 Å². The van der Waals surface area contributed by atoms with Crippen LogP contribution in [0.2, 0.25) is 0 Å². The number of hydrogen-bond acceptors (Lipinski definition) is 2. The van der Waals surface area contributed by atoms with E-state index in [2.05, 4.69) is 22.1 Å². The third-order valence-corrected chi connectivity index (χ3v) is 2.76. The number of nitrogens with zero attached hydrogens (tertiary/aromatic N) is 1. The van der Waals surface area contributed by atoms with E-state index in [1.54, 1.807) is 24.3 Å². The molecular weight excluding hydrogens is 272 g/mol. The van der Waals surface area contributed by atoms with Crippen molar-refractivity contribution < 1.29 is 5.11 Å². The molecule has 0 bridgehead atoms. The van der Waals surface area contributed by atoms with Gasteiger partial charge in [0, 0.05) is 24.0 Å². The van der Waals surface area contributed by atoms with Crippen molar-refractivity contribution in [3.05, 3.63) is 97.5 Å². The molecule has 0 aliphatic rings. The number of rotatable bonds is 0. The zero-order valence-corrected chi connectivity index (χ0v) is 12.1. The zero-order chi connectivity index (χ0) is 15.5. The van der Waals surface area contributed by atoms with Gasteiger partial charge >= 0.3 is 0 Å². The Morgan fingerprint density at radius 3 is 1.86 bits per heavy atom. The van der Waals surface area contributed by atoms with Crippen molar-refractivity contribution in [2.75, 3.05) is 0 Å². The van der Waals surface area contributed by atoms with Crippen LogP contribution in [0.15, 0.2) is 97.5 Å². The van der Waals surface area contributed by atoms with E-state index in [1.165, 1.54) is 5.39 Å². The number of phenols is 1. The number of hydrogen-bond donors (Lipinski definition) is 2. The summed E-state index contributed by atoms with van der Waals surface area (Å²) in [6.07, 6.45) is 5.56. The van der Waals surface area contributed by atoms with Crippen molar-refractivity contribution in [3.8, 4) is 5.75 Å². The molecule has 0 radical (unpaired) electrons. The molecule has 0 unspecified atom stereocenters. The van der Waals surface area contributed by atoms with Crippen LogP contribution in [0, 0.1) is 0 Å². The molecule has 0 fully saturated rings. The molecule has 3 nitrogen and oxygen atoms in total. The average molecular weight is 290 g/mol. The highest BCUT2D eigenvalue weighted by Gasteiger charge is 1.86. The quantitative estimate of drug-likeness (QED) is 0.495. The molecule has 2 aromatic heterocycles. The van der Waals surface area contributed by atoms with E-state index in [0.29, 0.717) is 5.75 Å². The highest BCUT2D eigenvalue weighted by molar-refractivity contribution is 5.77. The Balaban J connectivity index is 0.000000129. The topological polar surface area (TPSA) is 48.9 Å². The highest BCUT2D eigenvalue weighted by Crippen LogP contribution is 2.07. The Kier molecular flexibility index (Phi) is 6.25. The second-order valence-corrected chi connectivity index (χ2v) is 4.42. The third-order valence-electron chi connectivity index (χ3n) is 2.76. The maximum absolute atomic E-state index is 8.63.